The summed E-state index contributed by atoms with van der Waals surface area (Å²) in [4.78, 5) is 30.2. The van der Waals surface area contributed by atoms with Crippen molar-refractivity contribution >= 4 is 23.6 Å². The minimum Gasteiger partial charge on any atom is -0.515 e. The van der Waals surface area contributed by atoms with Crippen LogP contribution < -0.4 is 16.1 Å². The molecule has 4 rings (SSSR count). The van der Waals surface area contributed by atoms with Gasteiger partial charge in [-0.25, -0.2) is 4.98 Å². The van der Waals surface area contributed by atoms with E-state index in [2.05, 4.69) is 37.1 Å². The van der Waals surface area contributed by atoms with Gasteiger partial charge in [-0.05, 0) is 61.3 Å². The van der Waals surface area contributed by atoms with E-state index in [1.165, 1.54) is 10.8 Å². The molecule has 194 valence electrons. The number of anilines is 1. The number of hydrogen-bond donors (Lipinski definition) is 2. The molecule has 2 heterocycles. The Morgan fingerprint density at radius 3 is 2.56 bits per heavy atom. The lowest BCUT2D eigenvalue weighted by Crippen LogP contribution is -2.37. The lowest BCUT2D eigenvalue weighted by molar-refractivity contribution is -0.123. The summed E-state index contributed by atoms with van der Waals surface area (Å²) >= 11 is 0. The molecular formula is C28H38N4O4. The second-order valence-corrected chi connectivity index (χ2v) is 11.1. The molecule has 2 N–H and O–H groups in total. The van der Waals surface area contributed by atoms with Crippen LogP contribution in [0.4, 0.5) is 5.82 Å². The Morgan fingerprint density at radius 2 is 1.94 bits per heavy atom. The Morgan fingerprint density at radius 1 is 1.25 bits per heavy atom. The summed E-state index contributed by atoms with van der Waals surface area (Å²) in [5.41, 5.74) is 1.19. The van der Waals surface area contributed by atoms with Crippen LogP contribution in [0.25, 0.3) is 11.9 Å². The van der Waals surface area contributed by atoms with E-state index >= 15 is 0 Å². The van der Waals surface area contributed by atoms with Crippen molar-refractivity contribution in [2.45, 2.75) is 97.0 Å². The quantitative estimate of drug-likeness (QED) is 0.582. The minimum atomic E-state index is -0.519. The third kappa shape index (κ3) is 5.27. The maximum Gasteiger partial charge on any atom is 0.270 e. The molecule has 8 heteroatoms. The third-order valence-electron chi connectivity index (χ3n) is 8.62. The van der Waals surface area contributed by atoms with Gasteiger partial charge in [-0.1, -0.05) is 46.5 Å². The van der Waals surface area contributed by atoms with Gasteiger partial charge in [0, 0.05) is 6.20 Å². The predicted octanol–water partition coefficient (Wildman–Crippen LogP) is 4.58. The Labute approximate surface area is 212 Å². The van der Waals surface area contributed by atoms with Crippen LogP contribution in [0.5, 0.6) is 0 Å². The average molecular weight is 495 g/mol. The fourth-order valence-corrected chi connectivity index (χ4v) is 5.89. The molecule has 8 nitrogen and oxygen atoms in total. The van der Waals surface area contributed by atoms with E-state index in [-0.39, 0.29) is 35.3 Å². The monoisotopic (exact) mass is 494 g/mol. The number of aliphatic hydroxyl groups excluding tert-OH is 1. The number of nitrogens with zero attached hydrogens (tertiary/aromatic N) is 3. The lowest BCUT2D eigenvalue weighted by atomic mass is 9.69. The van der Waals surface area contributed by atoms with Crippen molar-refractivity contribution in [1.29, 1.82) is 5.26 Å². The van der Waals surface area contributed by atoms with Crippen molar-refractivity contribution < 1.29 is 14.6 Å². The summed E-state index contributed by atoms with van der Waals surface area (Å²) in [5, 5.41) is 22.2. The molecule has 2 aliphatic carbocycles. The Bertz CT molecular complexity index is 1250. The summed E-state index contributed by atoms with van der Waals surface area (Å²) in [6.45, 7) is 6.71. The molecule has 1 amide bonds. The fraction of sp³-hybridized carbons (Fsp3) is 0.643. The van der Waals surface area contributed by atoms with Gasteiger partial charge < -0.3 is 15.2 Å². The number of carbonyl (C=O) groups is 1. The smallest absolute Gasteiger partial charge is 0.270 e. The number of carbonyl (C=O) groups excluding carboxylic acids is 1. The molecule has 2 aromatic heterocycles. The van der Waals surface area contributed by atoms with Crippen LogP contribution in [-0.4, -0.2) is 33.1 Å². The van der Waals surface area contributed by atoms with Gasteiger partial charge in [0.25, 0.3) is 11.5 Å². The van der Waals surface area contributed by atoms with Crippen LogP contribution in [0.2, 0.25) is 0 Å². The van der Waals surface area contributed by atoms with E-state index < -0.39 is 11.5 Å². The molecule has 36 heavy (non-hydrogen) atoms. The molecule has 2 aliphatic rings. The first-order chi connectivity index (χ1) is 17.3. The van der Waals surface area contributed by atoms with Gasteiger partial charge in [-0.3, -0.25) is 14.0 Å². The maximum atomic E-state index is 13.1. The van der Waals surface area contributed by atoms with Crippen molar-refractivity contribution in [2.24, 2.45) is 11.3 Å². The molecule has 2 saturated carbocycles. The van der Waals surface area contributed by atoms with Crippen molar-refractivity contribution in [3.05, 3.63) is 32.9 Å². The molecule has 0 spiro atoms. The third-order valence-corrected chi connectivity index (χ3v) is 8.62. The van der Waals surface area contributed by atoms with Crippen LogP contribution in [0, 0.1) is 22.7 Å². The predicted molar refractivity (Wildman–Crippen MR) is 139 cm³/mol. The topological polar surface area (TPSA) is 117 Å². The number of aromatic nitrogens is 2. The zero-order valence-corrected chi connectivity index (χ0v) is 21.7. The van der Waals surface area contributed by atoms with Gasteiger partial charge in [0.05, 0.1) is 12.4 Å². The minimum absolute atomic E-state index is 0.0305. The van der Waals surface area contributed by atoms with Gasteiger partial charge in [-0.2, -0.15) is 5.26 Å². The van der Waals surface area contributed by atoms with E-state index in [9.17, 15) is 20.0 Å². The van der Waals surface area contributed by atoms with E-state index in [4.69, 9.17) is 4.74 Å². The van der Waals surface area contributed by atoms with Crippen molar-refractivity contribution in [3.63, 3.8) is 0 Å². The normalized spacial score (nSPS) is 22.0. The number of rotatable bonds is 7. The Kier molecular flexibility index (Phi) is 7.99. The highest BCUT2D eigenvalue weighted by Gasteiger charge is 2.32. The van der Waals surface area contributed by atoms with Crippen molar-refractivity contribution in [3.8, 4) is 6.07 Å². The van der Waals surface area contributed by atoms with Crippen molar-refractivity contribution in [2.75, 3.05) is 11.9 Å². The number of fused-ring (bicyclic) bond motifs is 1. The van der Waals surface area contributed by atoms with E-state index in [1.807, 2.05) is 0 Å². The first-order valence-electron chi connectivity index (χ1n) is 13.3. The molecule has 0 bridgehead atoms. The SMILES string of the molecule is CCC(C)(C)C1CCC(OCC(=O)Nc2nc3c(C#N)c(C4CCCCC4)cn3c(=O)/c2=C/O)CC1. The van der Waals surface area contributed by atoms with Gasteiger partial charge in [-0.15, -0.1) is 0 Å². The highest BCUT2D eigenvalue weighted by atomic mass is 16.5. The van der Waals surface area contributed by atoms with E-state index in [1.54, 1.807) is 6.20 Å². The molecule has 0 saturated heterocycles. The van der Waals surface area contributed by atoms with Gasteiger partial charge in [0.1, 0.15) is 23.5 Å². The van der Waals surface area contributed by atoms with Crippen molar-refractivity contribution in [1.82, 2.24) is 9.38 Å². The van der Waals surface area contributed by atoms with Crippen LogP contribution in [0.1, 0.15) is 102 Å². The summed E-state index contributed by atoms with van der Waals surface area (Å²) < 4.78 is 7.20. The molecule has 0 radical (unpaired) electrons. The summed E-state index contributed by atoms with van der Waals surface area (Å²) in [7, 11) is 0. The van der Waals surface area contributed by atoms with Crippen LogP contribution in [-0.2, 0) is 9.53 Å². The first kappa shape index (κ1) is 26.2. The Balaban J connectivity index is 1.48. The molecule has 2 aromatic rings. The standard InChI is InChI=1S/C28H38N4O4/c1-4-28(2,3)19-10-12-20(13-11-19)36-17-24(34)30-25-23(16-33)27(35)32-15-22(18-8-6-5-7-9-18)21(14-29)26(32)31-25/h15-16,18-20,33H,4-13,17H2,1-3H3,(H,30,31,34)/b23-16+. The number of nitriles is 1. The van der Waals surface area contributed by atoms with E-state index in [0.717, 1.165) is 63.4 Å². The maximum absolute atomic E-state index is 13.1. The number of amides is 1. The molecule has 2 fully saturated rings. The second-order valence-electron chi connectivity index (χ2n) is 11.1. The second kappa shape index (κ2) is 11.0. The fourth-order valence-electron chi connectivity index (χ4n) is 5.89. The van der Waals surface area contributed by atoms with Crippen LogP contribution >= 0.6 is 0 Å². The molecule has 0 aromatic carbocycles. The van der Waals surface area contributed by atoms with Gasteiger partial charge >= 0.3 is 0 Å². The zero-order chi connectivity index (χ0) is 25.9. The first-order valence-corrected chi connectivity index (χ1v) is 13.3. The highest BCUT2D eigenvalue weighted by Crippen LogP contribution is 2.41. The highest BCUT2D eigenvalue weighted by molar-refractivity contribution is 5.91. The summed E-state index contributed by atoms with van der Waals surface area (Å²) in [5.74, 6) is 0.380. The van der Waals surface area contributed by atoms with Gasteiger partial charge in [0.2, 0.25) is 0 Å². The molecular weight excluding hydrogens is 456 g/mol. The summed E-state index contributed by atoms with van der Waals surface area (Å²) in [6, 6.07) is 2.22. The van der Waals surface area contributed by atoms with Crippen LogP contribution in [0.15, 0.2) is 11.0 Å². The van der Waals surface area contributed by atoms with Crippen LogP contribution in [0.3, 0.4) is 0 Å². The van der Waals surface area contributed by atoms with E-state index in [0.29, 0.717) is 23.2 Å². The van der Waals surface area contributed by atoms with Gasteiger partial charge in [0.15, 0.2) is 11.5 Å². The number of aliphatic hydroxyl groups is 1. The summed E-state index contributed by atoms with van der Waals surface area (Å²) in [6.07, 6.45) is 12.8. The lowest BCUT2D eigenvalue weighted by Gasteiger charge is -2.38. The number of nitrogens with one attached hydrogen (secondary N) is 1. The number of hydrogen-bond acceptors (Lipinski definition) is 6. The largest absolute Gasteiger partial charge is 0.515 e. The Hall–Kier alpha value is -2.92. The zero-order valence-electron chi connectivity index (χ0n) is 21.7. The number of ether oxygens (including phenoxy) is 1. The molecule has 0 unspecified atom stereocenters. The molecule has 0 aliphatic heterocycles. The average Bonchev–Trinajstić information content (AvgIpc) is 3.27. The molecule has 0 atom stereocenters.